The van der Waals surface area contributed by atoms with E-state index in [1.807, 2.05) is 6.92 Å². The summed E-state index contributed by atoms with van der Waals surface area (Å²) in [5, 5.41) is 12.9. The van der Waals surface area contributed by atoms with E-state index in [9.17, 15) is 10.1 Å². The Hall–Kier alpha value is -2.86. The maximum Gasteiger partial charge on any atom is 0.281 e. The molecule has 128 valence electrons. The summed E-state index contributed by atoms with van der Waals surface area (Å²) in [6.07, 6.45) is 0. The average Bonchev–Trinajstić information content (AvgIpc) is 2.60. The number of hydrogen-bond donors (Lipinski definition) is 0. The molecule has 0 spiro atoms. The zero-order valence-electron chi connectivity index (χ0n) is 13.9. The number of aryl methyl sites for hydroxylation is 1. The van der Waals surface area contributed by atoms with Crippen LogP contribution in [0.5, 0.6) is 11.6 Å². The lowest BCUT2D eigenvalue weighted by Gasteiger charge is -2.14. The highest BCUT2D eigenvalue weighted by Gasteiger charge is 2.24. The molecule has 3 aromatic rings. The Balaban J connectivity index is 2.49. The van der Waals surface area contributed by atoms with Gasteiger partial charge in [-0.3, -0.25) is 10.1 Å². The van der Waals surface area contributed by atoms with E-state index in [1.54, 1.807) is 30.3 Å². The predicted octanol–water partition coefficient (Wildman–Crippen LogP) is 4.79. The molecule has 7 heteroatoms. The van der Waals surface area contributed by atoms with Crippen LogP contribution in [0.25, 0.3) is 22.0 Å². The third-order valence-corrected chi connectivity index (χ3v) is 4.21. The molecule has 0 aliphatic carbocycles. The van der Waals surface area contributed by atoms with Crippen molar-refractivity contribution in [1.82, 2.24) is 4.98 Å². The molecule has 0 saturated carbocycles. The van der Waals surface area contributed by atoms with Crippen LogP contribution in [0.2, 0.25) is 5.02 Å². The van der Waals surface area contributed by atoms with E-state index in [0.29, 0.717) is 38.7 Å². The van der Waals surface area contributed by atoms with Gasteiger partial charge in [-0.25, -0.2) is 4.98 Å². The third kappa shape index (κ3) is 2.96. The van der Waals surface area contributed by atoms with Crippen LogP contribution >= 0.6 is 11.6 Å². The summed E-state index contributed by atoms with van der Waals surface area (Å²) >= 11 is 5.96. The highest BCUT2D eigenvalue weighted by Crippen LogP contribution is 2.43. The van der Waals surface area contributed by atoms with Crippen LogP contribution in [0.1, 0.15) is 5.56 Å². The Morgan fingerprint density at radius 3 is 2.36 bits per heavy atom. The monoisotopic (exact) mass is 358 g/mol. The van der Waals surface area contributed by atoms with Crippen LogP contribution in [0, 0.1) is 17.0 Å². The van der Waals surface area contributed by atoms with E-state index < -0.39 is 4.92 Å². The number of nitro benzene ring substituents is 1. The second kappa shape index (κ2) is 6.57. The number of benzene rings is 2. The number of halogens is 1. The Morgan fingerprint density at radius 2 is 1.80 bits per heavy atom. The molecular formula is C18H15ClN2O4. The van der Waals surface area contributed by atoms with Gasteiger partial charge < -0.3 is 9.47 Å². The topological polar surface area (TPSA) is 74.5 Å². The lowest BCUT2D eigenvalue weighted by atomic mass is 9.95. The quantitative estimate of drug-likeness (QED) is 0.495. The Bertz CT molecular complexity index is 971. The minimum Gasteiger partial charge on any atom is -0.494 e. The van der Waals surface area contributed by atoms with E-state index in [2.05, 4.69) is 4.98 Å². The summed E-state index contributed by atoms with van der Waals surface area (Å²) in [7, 11) is 2.97. The normalized spacial score (nSPS) is 10.7. The van der Waals surface area contributed by atoms with Gasteiger partial charge in [-0.05, 0) is 30.2 Å². The average molecular weight is 359 g/mol. The smallest absolute Gasteiger partial charge is 0.281 e. The van der Waals surface area contributed by atoms with E-state index in [4.69, 9.17) is 21.1 Å². The van der Waals surface area contributed by atoms with Gasteiger partial charge in [-0.15, -0.1) is 0 Å². The first kappa shape index (κ1) is 17.0. The predicted molar refractivity (Wildman–Crippen MR) is 96.7 cm³/mol. The van der Waals surface area contributed by atoms with Crippen molar-refractivity contribution in [2.75, 3.05) is 14.2 Å². The summed E-state index contributed by atoms with van der Waals surface area (Å²) in [5.41, 5.74) is 2.41. The van der Waals surface area contributed by atoms with Crippen LogP contribution in [-0.2, 0) is 0 Å². The molecular weight excluding hydrogens is 344 g/mol. The first-order valence-electron chi connectivity index (χ1n) is 7.43. The molecule has 25 heavy (non-hydrogen) atoms. The summed E-state index contributed by atoms with van der Waals surface area (Å²) < 4.78 is 10.6. The highest BCUT2D eigenvalue weighted by molar-refractivity contribution is 6.30. The first-order valence-corrected chi connectivity index (χ1v) is 7.80. The van der Waals surface area contributed by atoms with Crippen molar-refractivity contribution in [3.8, 4) is 22.8 Å². The van der Waals surface area contributed by atoms with Gasteiger partial charge in [0.1, 0.15) is 5.52 Å². The standard InChI is InChI=1S/C18H15ClN2O4/c1-10-8-15(25-3)20-18-14(24-2)9-13(21(22)23)17(16(10)18)11-4-6-12(19)7-5-11/h4-9H,1-3H3. The fourth-order valence-corrected chi connectivity index (χ4v) is 2.97. The molecule has 0 atom stereocenters. The van der Waals surface area contributed by atoms with Crippen LogP contribution in [-0.4, -0.2) is 24.1 Å². The van der Waals surface area contributed by atoms with Crippen LogP contribution < -0.4 is 9.47 Å². The maximum absolute atomic E-state index is 11.7. The van der Waals surface area contributed by atoms with Gasteiger partial charge in [0.05, 0.1) is 30.8 Å². The second-order valence-corrected chi connectivity index (χ2v) is 5.88. The molecule has 6 nitrogen and oxygen atoms in total. The third-order valence-electron chi connectivity index (χ3n) is 3.96. The molecule has 2 aromatic carbocycles. The number of rotatable bonds is 4. The number of nitro groups is 1. The molecule has 1 aromatic heterocycles. The van der Waals surface area contributed by atoms with Gasteiger partial charge in [-0.1, -0.05) is 23.7 Å². The van der Waals surface area contributed by atoms with Gasteiger partial charge in [0.25, 0.3) is 5.69 Å². The van der Waals surface area contributed by atoms with Crippen LogP contribution in [0.4, 0.5) is 5.69 Å². The van der Waals surface area contributed by atoms with E-state index >= 15 is 0 Å². The van der Waals surface area contributed by atoms with Gasteiger partial charge >= 0.3 is 0 Å². The zero-order valence-corrected chi connectivity index (χ0v) is 14.6. The van der Waals surface area contributed by atoms with Crippen molar-refractivity contribution in [3.05, 3.63) is 57.1 Å². The Morgan fingerprint density at radius 1 is 1.12 bits per heavy atom. The number of aromatic nitrogens is 1. The molecule has 0 aliphatic heterocycles. The van der Waals surface area contributed by atoms with Crippen molar-refractivity contribution in [2.45, 2.75) is 6.92 Å². The Labute approximate surface area is 149 Å². The van der Waals surface area contributed by atoms with E-state index in [0.717, 1.165) is 5.56 Å². The molecule has 0 unspecified atom stereocenters. The summed E-state index contributed by atoms with van der Waals surface area (Å²) in [4.78, 5) is 15.7. The van der Waals surface area contributed by atoms with Crippen molar-refractivity contribution < 1.29 is 14.4 Å². The molecule has 0 amide bonds. The number of nitrogens with zero attached hydrogens (tertiary/aromatic N) is 2. The maximum atomic E-state index is 11.7. The fraction of sp³-hybridized carbons (Fsp3) is 0.167. The number of pyridine rings is 1. The Kier molecular flexibility index (Phi) is 4.46. The zero-order chi connectivity index (χ0) is 18.1. The van der Waals surface area contributed by atoms with Gasteiger partial charge in [0.15, 0.2) is 5.75 Å². The van der Waals surface area contributed by atoms with Crippen molar-refractivity contribution >= 4 is 28.2 Å². The van der Waals surface area contributed by atoms with Gasteiger partial charge in [-0.2, -0.15) is 0 Å². The fourth-order valence-electron chi connectivity index (χ4n) is 2.84. The minimum absolute atomic E-state index is 0.0539. The summed E-state index contributed by atoms with van der Waals surface area (Å²) in [6.45, 7) is 1.86. The number of fused-ring (bicyclic) bond motifs is 1. The molecule has 0 N–H and O–H groups in total. The second-order valence-electron chi connectivity index (χ2n) is 5.44. The van der Waals surface area contributed by atoms with Gasteiger partial charge in [0.2, 0.25) is 5.88 Å². The SMILES string of the molecule is COc1cc(C)c2c(-c3ccc(Cl)cc3)c([N+](=O)[O-])cc(OC)c2n1. The molecule has 0 aliphatic rings. The number of methoxy groups -OCH3 is 2. The van der Waals surface area contributed by atoms with Crippen LogP contribution in [0.3, 0.4) is 0 Å². The first-order chi connectivity index (χ1) is 12.0. The number of hydrogen-bond acceptors (Lipinski definition) is 5. The van der Waals surface area contributed by atoms with Crippen molar-refractivity contribution in [3.63, 3.8) is 0 Å². The summed E-state index contributed by atoms with van der Waals surface area (Å²) in [5.74, 6) is 0.737. The van der Waals surface area contributed by atoms with E-state index in [1.165, 1.54) is 20.3 Å². The minimum atomic E-state index is -0.421. The van der Waals surface area contributed by atoms with Gasteiger partial charge in [0, 0.05) is 16.5 Å². The highest BCUT2D eigenvalue weighted by atomic mass is 35.5. The molecule has 0 fully saturated rings. The van der Waals surface area contributed by atoms with Crippen molar-refractivity contribution in [2.24, 2.45) is 0 Å². The van der Waals surface area contributed by atoms with Crippen LogP contribution in [0.15, 0.2) is 36.4 Å². The molecule has 3 rings (SSSR count). The summed E-state index contributed by atoms with van der Waals surface area (Å²) in [6, 6.07) is 10.0. The van der Waals surface area contributed by atoms with Crippen molar-refractivity contribution in [1.29, 1.82) is 0 Å². The molecule has 1 heterocycles. The lowest BCUT2D eigenvalue weighted by Crippen LogP contribution is -2.00. The molecule has 0 radical (unpaired) electrons. The largest absolute Gasteiger partial charge is 0.494 e. The molecule has 0 bridgehead atoms. The van der Waals surface area contributed by atoms with E-state index in [-0.39, 0.29) is 5.69 Å². The lowest BCUT2D eigenvalue weighted by molar-refractivity contribution is -0.384. The molecule has 0 saturated heterocycles. The number of ether oxygens (including phenoxy) is 2.